The number of methoxy groups -OCH3 is 1. The lowest BCUT2D eigenvalue weighted by atomic mass is 9.87. The van der Waals surface area contributed by atoms with Crippen molar-refractivity contribution in [2.45, 2.75) is 19.8 Å². The van der Waals surface area contributed by atoms with Crippen LogP contribution in [0.2, 0.25) is 5.02 Å². The standard InChI is InChI=1S/C19H20ClNO3/c1-12(2)17(13-8-10-14(20)11-9-13)18(22)21-16-7-5-4-6-15(16)19(23)24-3/h4-12,17H,1-3H3,(H,21,22)/t17-/m0/s1. The predicted octanol–water partition coefficient (Wildman–Crippen LogP) is 4.50. The molecule has 0 aliphatic heterocycles. The molecule has 4 nitrogen and oxygen atoms in total. The Morgan fingerprint density at radius 2 is 1.67 bits per heavy atom. The van der Waals surface area contributed by atoms with Gasteiger partial charge in [0.15, 0.2) is 0 Å². The zero-order valence-electron chi connectivity index (χ0n) is 13.9. The fourth-order valence-corrected chi connectivity index (χ4v) is 2.73. The van der Waals surface area contributed by atoms with Crippen LogP contribution in [0.1, 0.15) is 35.7 Å². The maximum Gasteiger partial charge on any atom is 0.339 e. The molecule has 0 radical (unpaired) electrons. The number of rotatable bonds is 5. The molecule has 1 atom stereocenters. The molecular formula is C19H20ClNO3. The summed E-state index contributed by atoms with van der Waals surface area (Å²) in [5, 5.41) is 3.47. The van der Waals surface area contributed by atoms with Gasteiger partial charge in [-0.15, -0.1) is 0 Å². The van der Waals surface area contributed by atoms with Crippen molar-refractivity contribution in [2.24, 2.45) is 5.92 Å². The first-order valence-corrected chi connectivity index (χ1v) is 8.05. The summed E-state index contributed by atoms with van der Waals surface area (Å²) in [6.45, 7) is 3.95. The van der Waals surface area contributed by atoms with Gasteiger partial charge >= 0.3 is 5.97 Å². The molecule has 0 aromatic heterocycles. The number of anilines is 1. The minimum atomic E-state index is -0.488. The highest BCUT2D eigenvalue weighted by atomic mass is 35.5. The third-order valence-corrected chi connectivity index (χ3v) is 4.02. The molecule has 1 N–H and O–H groups in total. The Morgan fingerprint density at radius 1 is 1.04 bits per heavy atom. The number of hydrogen-bond acceptors (Lipinski definition) is 3. The monoisotopic (exact) mass is 345 g/mol. The maximum absolute atomic E-state index is 12.8. The number of hydrogen-bond donors (Lipinski definition) is 1. The summed E-state index contributed by atoms with van der Waals surface area (Å²) in [5.74, 6) is -0.938. The second kappa shape index (κ2) is 7.97. The van der Waals surface area contributed by atoms with Crippen LogP contribution in [0, 0.1) is 5.92 Å². The highest BCUT2D eigenvalue weighted by Gasteiger charge is 2.25. The minimum Gasteiger partial charge on any atom is -0.465 e. The van der Waals surface area contributed by atoms with E-state index in [1.165, 1.54) is 7.11 Å². The van der Waals surface area contributed by atoms with Gasteiger partial charge in [-0.3, -0.25) is 4.79 Å². The molecule has 0 aliphatic carbocycles. The van der Waals surface area contributed by atoms with Gasteiger partial charge in [0.2, 0.25) is 5.91 Å². The number of carbonyl (C=O) groups excluding carboxylic acids is 2. The highest BCUT2D eigenvalue weighted by Crippen LogP contribution is 2.28. The van der Waals surface area contributed by atoms with Crippen LogP contribution >= 0.6 is 11.6 Å². The van der Waals surface area contributed by atoms with Gasteiger partial charge in [-0.1, -0.05) is 49.7 Å². The van der Waals surface area contributed by atoms with Gasteiger partial charge in [-0.25, -0.2) is 4.79 Å². The molecule has 0 spiro atoms. The van der Waals surface area contributed by atoms with Crippen molar-refractivity contribution in [1.29, 1.82) is 0 Å². The van der Waals surface area contributed by atoms with Crippen LogP contribution < -0.4 is 5.32 Å². The van der Waals surface area contributed by atoms with Gasteiger partial charge in [0.05, 0.1) is 24.3 Å². The lowest BCUT2D eigenvalue weighted by Gasteiger charge is -2.21. The van der Waals surface area contributed by atoms with Gasteiger partial charge in [-0.2, -0.15) is 0 Å². The van der Waals surface area contributed by atoms with E-state index in [-0.39, 0.29) is 17.7 Å². The molecule has 0 bridgehead atoms. The molecule has 0 fully saturated rings. The smallest absolute Gasteiger partial charge is 0.339 e. The molecule has 126 valence electrons. The summed E-state index contributed by atoms with van der Waals surface area (Å²) < 4.78 is 4.76. The number of ether oxygens (including phenoxy) is 1. The topological polar surface area (TPSA) is 55.4 Å². The van der Waals surface area contributed by atoms with E-state index in [2.05, 4.69) is 5.32 Å². The van der Waals surface area contributed by atoms with Gasteiger partial charge in [0, 0.05) is 5.02 Å². The van der Waals surface area contributed by atoms with Gasteiger partial charge < -0.3 is 10.1 Å². The quantitative estimate of drug-likeness (QED) is 0.811. The molecule has 2 rings (SSSR count). The van der Waals surface area contributed by atoms with Gasteiger partial charge in [0.25, 0.3) is 0 Å². The zero-order valence-corrected chi connectivity index (χ0v) is 14.6. The SMILES string of the molecule is COC(=O)c1ccccc1NC(=O)[C@H](c1ccc(Cl)cc1)C(C)C. The Kier molecular flexibility index (Phi) is 5.99. The summed E-state index contributed by atoms with van der Waals surface area (Å²) in [5.41, 5.74) is 1.64. The fourth-order valence-electron chi connectivity index (χ4n) is 2.60. The summed E-state index contributed by atoms with van der Waals surface area (Å²) in [7, 11) is 1.31. The first-order chi connectivity index (χ1) is 11.4. The summed E-state index contributed by atoms with van der Waals surface area (Å²) in [4.78, 5) is 24.6. The lowest BCUT2D eigenvalue weighted by molar-refractivity contribution is -0.118. The second-order valence-corrected chi connectivity index (χ2v) is 6.24. The van der Waals surface area contributed by atoms with Crippen LogP contribution in [0.25, 0.3) is 0 Å². The minimum absolute atomic E-state index is 0.0801. The number of esters is 1. The molecule has 0 aliphatic rings. The molecule has 24 heavy (non-hydrogen) atoms. The van der Waals surface area contributed by atoms with Crippen LogP contribution in [-0.2, 0) is 9.53 Å². The van der Waals surface area contributed by atoms with E-state index in [0.717, 1.165) is 5.56 Å². The molecule has 1 amide bonds. The van der Waals surface area contributed by atoms with Crippen LogP contribution in [-0.4, -0.2) is 19.0 Å². The second-order valence-electron chi connectivity index (χ2n) is 5.80. The summed E-state index contributed by atoms with van der Waals surface area (Å²) in [6, 6.07) is 14.0. The third kappa shape index (κ3) is 4.15. The molecule has 5 heteroatoms. The molecule has 0 saturated heterocycles. The third-order valence-electron chi connectivity index (χ3n) is 3.77. The molecule has 2 aromatic carbocycles. The Labute approximate surface area is 146 Å². The first kappa shape index (κ1) is 18.0. The Morgan fingerprint density at radius 3 is 2.25 bits per heavy atom. The maximum atomic E-state index is 12.8. The fraction of sp³-hybridized carbons (Fsp3) is 0.263. The van der Waals surface area contributed by atoms with Crippen LogP contribution in [0.4, 0.5) is 5.69 Å². The normalized spacial score (nSPS) is 11.9. The average molecular weight is 346 g/mol. The van der Waals surface area contributed by atoms with Crippen molar-refractivity contribution in [1.82, 2.24) is 0 Å². The van der Waals surface area contributed by atoms with E-state index in [1.807, 2.05) is 26.0 Å². The first-order valence-electron chi connectivity index (χ1n) is 7.67. The van der Waals surface area contributed by atoms with E-state index in [9.17, 15) is 9.59 Å². The molecule has 0 heterocycles. The van der Waals surface area contributed by atoms with Crippen LogP contribution in [0.5, 0.6) is 0 Å². The van der Waals surface area contributed by atoms with E-state index < -0.39 is 5.97 Å². The van der Waals surface area contributed by atoms with Crippen molar-refractivity contribution in [3.63, 3.8) is 0 Å². The zero-order chi connectivity index (χ0) is 17.7. The molecule has 0 unspecified atom stereocenters. The molecular weight excluding hydrogens is 326 g/mol. The van der Waals surface area contributed by atoms with Crippen LogP contribution in [0.15, 0.2) is 48.5 Å². The van der Waals surface area contributed by atoms with E-state index in [4.69, 9.17) is 16.3 Å². The Bertz CT molecular complexity index is 726. The number of benzene rings is 2. The average Bonchev–Trinajstić information content (AvgIpc) is 2.56. The molecule has 0 saturated carbocycles. The van der Waals surface area contributed by atoms with E-state index >= 15 is 0 Å². The van der Waals surface area contributed by atoms with Crippen molar-refractivity contribution >= 4 is 29.2 Å². The van der Waals surface area contributed by atoms with E-state index in [1.54, 1.807) is 36.4 Å². The summed E-state index contributed by atoms with van der Waals surface area (Å²) in [6.07, 6.45) is 0. The number of halogens is 1. The Balaban J connectivity index is 2.29. The lowest BCUT2D eigenvalue weighted by Crippen LogP contribution is -2.26. The highest BCUT2D eigenvalue weighted by molar-refractivity contribution is 6.30. The number of para-hydroxylation sites is 1. The predicted molar refractivity (Wildman–Crippen MR) is 95.4 cm³/mol. The largest absolute Gasteiger partial charge is 0.465 e. The summed E-state index contributed by atoms with van der Waals surface area (Å²) >= 11 is 5.92. The van der Waals surface area contributed by atoms with E-state index in [0.29, 0.717) is 16.3 Å². The van der Waals surface area contributed by atoms with Crippen LogP contribution in [0.3, 0.4) is 0 Å². The van der Waals surface area contributed by atoms with Crippen molar-refractivity contribution < 1.29 is 14.3 Å². The molecule has 2 aromatic rings. The van der Waals surface area contributed by atoms with Crippen molar-refractivity contribution in [2.75, 3.05) is 12.4 Å². The Hall–Kier alpha value is -2.33. The number of amides is 1. The van der Waals surface area contributed by atoms with Gasteiger partial charge in [-0.05, 0) is 35.7 Å². The van der Waals surface area contributed by atoms with Crippen molar-refractivity contribution in [3.05, 3.63) is 64.7 Å². The number of carbonyl (C=O) groups is 2. The van der Waals surface area contributed by atoms with Crippen molar-refractivity contribution in [3.8, 4) is 0 Å². The van der Waals surface area contributed by atoms with Gasteiger partial charge in [0.1, 0.15) is 0 Å². The number of nitrogens with one attached hydrogen (secondary N) is 1.